The molecule has 1 aliphatic carbocycles. The molecule has 0 aromatic carbocycles. The van der Waals surface area contributed by atoms with Crippen molar-refractivity contribution >= 4 is 0 Å². The van der Waals surface area contributed by atoms with Crippen LogP contribution in [-0.2, 0) is 6.54 Å². The van der Waals surface area contributed by atoms with Crippen LogP contribution in [0, 0.1) is 18.8 Å². The van der Waals surface area contributed by atoms with Gasteiger partial charge in [-0.2, -0.15) is 0 Å². The van der Waals surface area contributed by atoms with Gasteiger partial charge < -0.3 is 9.63 Å². The van der Waals surface area contributed by atoms with Gasteiger partial charge in [-0.05, 0) is 38.0 Å². The minimum absolute atomic E-state index is 0.343. The van der Waals surface area contributed by atoms with E-state index in [-0.39, 0.29) is 0 Å². The van der Waals surface area contributed by atoms with E-state index in [0.717, 1.165) is 37.5 Å². The second-order valence-electron chi connectivity index (χ2n) is 6.44. The Morgan fingerprint density at radius 1 is 1.53 bits per heavy atom. The molecule has 1 aliphatic heterocycles. The minimum atomic E-state index is -0.425. The maximum atomic E-state index is 10.9. The lowest BCUT2D eigenvalue weighted by Gasteiger charge is -2.50. The standard InChI is InChI=1S/C15H24N2O2/c1-11-9-17(10-14-8-12(2)16-19-14)7-6-15(11,18)13-4-3-5-13/h8,11,13,18H,3-7,9-10H2,1-2H3/t11-,15+/m1/s1. The molecule has 0 unspecified atom stereocenters. The van der Waals surface area contributed by atoms with E-state index in [0.29, 0.717) is 11.8 Å². The van der Waals surface area contributed by atoms with Crippen LogP contribution in [0.15, 0.2) is 10.6 Å². The largest absolute Gasteiger partial charge is 0.389 e. The van der Waals surface area contributed by atoms with Crippen molar-refractivity contribution in [1.82, 2.24) is 10.1 Å². The summed E-state index contributed by atoms with van der Waals surface area (Å²) >= 11 is 0. The number of aryl methyl sites for hydroxylation is 1. The molecule has 1 N–H and O–H groups in total. The highest BCUT2D eigenvalue weighted by Gasteiger charge is 2.46. The summed E-state index contributed by atoms with van der Waals surface area (Å²) in [6.45, 7) is 6.85. The van der Waals surface area contributed by atoms with Crippen molar-refractivity contribution in [2.75, 3.05) is 13.1 Å². The van der Waals surface area contributed by atoms with Gasteiger partial charge in [0.05, 0.1) is 17.8 Å². The summed E-state index contributed by atoms with van der Waals surface area (Å²) in [6, 6.07) is 2.00. The maximum Gasteiger partial charge on any atom is 0.150 e. The third kappa shape index (κ3) is 2.43. The summed E-state index contributed by atoms with van der Waals surface area (Å²) in [5.74, 6) is 1.81. The van der Waals surface area contributed by atoms with Gasteiger partial charge in [-0.3, -0.25) is 4.90 Å². The van der Waals surface area contributed by atoms with E-state index in [1.165, 1.54) is 19.3 Å². The van der Waals surface area contributed by atoms with Crippen molar-refractivity contribution < 1.29 is 9.63 Å². The molecule has 4 heteroatoms. The first-order valence-electron chi connectivity index (χ1n) is 7.45. The van der Waals surface area contributed by atoms with Crippen LogP contribution in [0.1, 0.15) is 44.1 Å². The van der Waals surface area contributed by atoms with Gasteiger partial charge >= 0.3 is 0 Å². The van der Waals surface area contributed by atoms with Gasteiger partial charge in [0, 0.05) is 19.2 Å². The number of rotatable bonds is 3. The molecule has 1 saturated heterocycles. The fourth-order valence-corrected chi connectivity index (χ4v) is 3.59. The van der Waals surface area contributed by atoms with E-state index in [4.69, 9.17) is 4.52 Å². The van der Waals surface area contributed by atoms with Gasteiger partial charge in [-0.1, -0.05) is 18.5 Å². The van der Waals surface area contributed by atoms with E-state index in [2.05, 4.69) is 17.0 Å². The van der Waals surface area contributed by atoms with Crippen LogP contribution in [0.5, 0.6) is 0 Å². The molecule has 4 nitrogen and oxygen atoms in total. The minimum Gasteiger partial charge on any atom is -0.389 e. The van der Waals surface area contributed by atoms with Crippen LogP contribution >= 0.6 is 0 Å². The van der Waals surface area contributed by atoms with Crippen LogP contribution < -0.4 is 0 Å². The molecule has 2 fully saturated rings. The molecule has 2 atom stereocenters. The van der Waals surface area contributed by atoms with Gasteiger partial charge in [-0.25, -0.2) is 0 Å². The molecule has 0 radical (unpaired) electrons. The molecule has 2 aliphatic rings. The number of piperidine rings is 1. The number of likely N-dealkylation sites (tertiary alicyclic amines) is 1. The van der Waals surface area contributed by atoms with Crippen molar-refractivity contribution in [1.29, 1.82) is 0 Å². The Balaban J connectivity index is 1.60. The summed E-state index contributed by atoms with van der Waals surface area (Å²) in [6.07, 6.45) is 4.61. The number of aliphatic hydroxyl groups is 1. The summed E-state index contributed by atoms with van der Waals surface area (Å²) in [5.41, 5.74) is 0.512. The molecule has 0 bridgehead atoms. The molecular formula is C15H24N2O2. The van der Waals surface area contributed by atoms with E-state index >= 15 is 0 Å². The van der Waals surface area contributed by atoms with E-state index in [1.807, 2.05) is 13.0 Å². The third-order valence-corrected chi connectivity index (χ3v) is 5.08. The summed E-state index contributed by atoms with van der Waals surface area (Å²) in [4.78, 5) is 2.37. The fraction of sp³-hybridized carbons (Fsp3) is 0.800. The molecule has 2 heterocycles. The Kier molecular flexibility index (Phi) is 3.39. The van der Waals surface area contributed by atoms with Gasteiger partial charge in [0.15, 0.2) is 5.76 Å². The highest BCUT2D eigenvalue weighted by Crippen LogP contribution is 2.44. The Morgan fingerprint density at radius 2 is 2.32 bits per heavy atom. The Morgan fingerprint density at radius 3 is 2.84 bits per heavy atom. The average Bonchev–Trinajstić information content (AvgIpc) is 2.67. The number of nitrogens with zero attached hydrogens (tertiary/aromatic N) is 2. The lowest BCUT2D eigenvalue weighted by atomic mass is 9.65. The van der Waals surface area contributed by atoms with Crippen molar-refractivity contribution in [2.45, 2.75) is 51.7 Å². The zero-order valence-corrected chi connectivity index (χ0v) is 11.9. The van der Waals surface area contributed by atoms with E-state index < -0.39 is 5.60 Å². The highest BCUT2D eigenvalue weighted by atomic mass is 16.5. The second-order valence-corrected chi connectivity index (χ2v) is 6.44. The molecule has 19 heavy (non-hydrogen) atoms. The number of hydrogen-bond donors (Lipinski definition) is 1. The topological polar surface area (TPSA) is 49.5 Å². The predicted molar refractivity (Wildman–Crippen MR) is 72.6 cm³/mol. The molecule has 106 valence electrons. The first-order valence-corrected chi connectivity index (χ1v) is 7.45. The van der Waals surface area contributed by atoms with Crippen molar-refractivity contribution in [3.05, 3.63) is 17.5 Å². The highest BCUT2D eigenvalue weighted by molar-refractivity contribution is 5.04. The van der Waals surface area contributed by atoms with Gasteiger partial charge in [0.25, 0.3) is 0 Å². The Bertz CT molecular complexity index is 441. The monoisotopic (exact) mass is 264 g/mol. The molecule has 3 rings (SSSR count). The van der Waals surface area contributed by atoms with Crippen LogP contribution in [0.4, 0.5) is 0 Å². The van der Waals surface area contributed by atoms with Gasteiger partial charge in [-0.15, -0.1) is 0 Å². The van der Waals surface area contributed by atoms with E-state index in [1.54, 1.807) is 0 Å². The average molecular weight is 264 g/mol. The zero-order valence-electron chi connectivity index (χ0n) is 11.9. The van der Waals surface area contributed by atoms with E-state index in [9.17, 15) is 5.11 Å². The van der Waals surface area contributed by atoms with Crippen molar-refractivity contribution in [3.8, 4) is 0 Å². The predicted octanol–water partition coefficient (Wildman–Crippen LogP) is 2.36. The number of aromatic nitrogens is 1. The molecule has 0 amide bonds. The molecule has 1 saturated carbocycles. The molecule has 1 aromatic heterocycles. The van der Waals surface area contributed by atoms with Crippen LogP contribution in [0.3, 0.4) is 0 Å². The SMILES string of the molecule is Cc1cc(CN2CC[C@@](O)(C3CCC3)[C@H](C)C2)on1. The first-order chi connectivity index (χ1) is 9.08. The van der Waals surface area contributed by atoms with Gasteiger partial charge in [0.2, 0.25) is 0 Å². The van der Waals surface area contributed by atoms with Crippen molar-refractivity contribution in [2.24, 2.45) is 11.8 Å². The van der Waals surface area contributed by atoms with Crippen molar-refractivity contribution in [3.63, 3.8) is 0 Å². The molecular weight excluding hydrogens is 240 g/mol. The first kappa shape index (κ1) is 13.1. The third-order valence-electron chi connectivity index (χ3n) is 5.08. The van der Waals surface area contributed by atoms with Crippen LogP contribution in [0.25, 0.3) is 0 Å². The summed E-state index contributed by atoms with van der Waals surface area (Å²) < 4.78 is 5.28. The summed E-state index contributed by atoms with van der Waals surface area (Å²) in [7, 11) is 0. The normalized spacial score (nSPS) is 33.3. The number of hydrogen-bond acceptors (Lipinski definition) is 4. The Hall–Kier alpha value is -0.870. The second kappa shape index (κ2) is 4.91. The summed E-state index contributed by atoms with van der Waals surface area (Å²) in [5, 5.41) is 14.8. The Labute approximate surface area is 114 Å². The smallest absolute Gasteiger partial charge is 0.150 e. The zero-order chi connectivity index (χ0) is 13.5. The lowest BCUT2D eigenvalue weighted by molar-refractivity contribution is -0.129. The molecule has 0 spiro atoms. The fourth-order valence-electron chi connectivity index (χ4n) is 3.59. The molecule has 1 aromatic rings. The van der Waals surface area contributed by atoms with Crippen LogP contribution in [0.2, 0.25) is 0 Å². The van der Waals surface area contributed by atoms with Gasteiger partial charge in [0.1, 0.15) is 0 Å². The lowest BCUT2D eigenvalue weighted by Crippen LogP contribution is -2.56. The van der Waals surface area contributed by atoms with Crippen LogP contribution in [-0.4, -0.2) is 33.9 Å². The maximum absolute atomic E-state index is 10.9. The quantitative estimate of drug-likeness (QED) is 0.910.